The Labute approximate surface area is 216 Å². The first-order valence-corrected chi connectivity index (χ1v) is 12.1. The van der Waals surface area contributed by atoms with E-state index in [0.717, 1.165) is 6.07 Å². The number of anilines is 1. The normalized spacial score (nSPS) is 33.8. The molecule has 10 heteroatoms. The van der Waals surface area contributed by atoms with Crippen molar-refractivity contribution < 1.29 is 39.9 Å². The largest absolute Gasteiger partial charge is 0.508 e. The van der Waals surface area contributed by atoms with E-state index in [4.69, 9.17) is 10.5 Å². The average molecular weight is 519 g/mol. The minimum atomic E-state index is -1.33. The quantitative estimate of drug-likeness (QED) is 0.168. The maximum absolute atomic E-state index is 12.7. The van der Waals surface area contributed by atoms with Gasteiger partial charge in [-0.1, -0.05) is 45.1 Å². The van der Waals surface area contributed by atoms with Crippen molar-refractivity contribution >= 4 is 17.7 Å². The fourth-order valence-corrected chi connectivity index (χ4v) is 4.39. The number of hydrogen-bond acceptors (Lipinski definition) is 8. The highest BCUT2D eigenvalue weighted by molar-refractivity contribution is 6.04. The maximum Gasteiger partial charge on any atom is 0.405 e. The fraction of sp³-hybridized carbons (Fsp3) is 0.481. The SMILES string of the molecule is C/C1=C\C=C\C(C)C(OC(N)=O)/C(C)=C/C(C)C(O)C(O)CC(C)C(O)c2cc(O)cc(c2O)NC1=O. The molecule has 0 saturated carbocycles. The van der Waals surface area contributed by atoms with Gasteiger partial charge in [0.1, 0.15) is 17.6 Å². The molecule has 1 aromatic rings. The number of carbonyl (C=O) groups excluding carboxylic acids is 2. The lowest BCUT2D eigenvalue weighted by molar-refractivity contribution is -0.112. The lowest BCUT2D eigenvalue weighted by atomic mass is 9.86. The number of hydrogen-bond donors (Lipinski definition) is 7. The van der Waals surface area contributed by atoms with Crippen molar-refractivity contribution in [1.82, 2.24) is 0 Å². The number of aromatic hydroxyl groups is 2. The lowest BCUT2D eigenvalue weighted by Crippen LogP contribution is -2.34. The Morgan fingerprint density at radius 1 is 1.08 bits per heavy atom. The van der Waals surface area contributed by atoms with Crippen LogP contribution in [0.1, 0.15) is 52.7 Å². The van der Waals surface area contributed by atoms with Gasteiger partial charge in [-0.05, 0) is 37.8 Å². The van der Waals surface area contributed by atoms with E-state index in [-0.39, 0.29) is 34.9 Å². The third-order valence-corrected chi connectivity index (χ3v) is 6.59. The van der Waals surface area contributed by atoms with Gasteiger partial charge >= 0.3 is 6.09 Å². The van der Waals surface area contributed by atoms with Gasteiger partial charge in [0, 0.05) is 29.0 Å². The number of nitrogens with two attached hydrogens (primary N) is 1. The van der Waals surface area contributed by atoms with Crippen molar-refractivity contribution in [2.24, 2.45) is 23.5 Å². The molecule has 0 saturated heterocycles. The van der Waals surface area contributed by atoms with E-state index in [1.165, 1.54) is 12.1 Å². The topological polar surface area (TPSA) is 183 Å². The fourth-order valence-electron chi connectivity index (χ4n) is 4.39. The van der Waals surface area contributed by atoms with Gasteiger partial charge in [0.15, 0.2) is 0 Å². The number of aliphatic hydroxyl groups is 3. The molecule has 0 radical (unpaired) electrons. The Kier molecular flexibility index (Phi) is 10.3. The van der Waals surface area contributed by atoms with Crippen LogP contribution in [0, 0.1) is 17.8 Å². The number of fused-ring (bicyclic) bond motifs is 2. The number of phenols is 2. The van der Waals surface area contributed by atoms with Crippen LogP contribution in [-0.4, -0.2) is 55.8 Å². The van der Waals surface area contributed by atoms with E-state index in [1.807, 2.05) is 0 Å². The summed E-state index contributed by atoms with van der Waals surface area (Å²) in [5.74, 6) is -2.84. The van der Waals surface area contributed by atoms with E-state index >= 15 is 0 Å². The summed E-state index contributed by atoms with van der Waals surface area (Å²) in [5, 5.41) is 55.7. The lowest BCUT2D eigenvalue weighted by Gasteiger charge is -2.28. The van der Waals surface area contributed by atoms with Gasteiger partial charge in [0.05, 0.1) is 24.0 Å². The Balaban J connectivity index is 2.56. The number of phenolic OH excluding ortho intramolecular Hbond substituents is 2. The minimum absolute atomic E-state index is 0.0343. The van der Waals surface area contributed by atoms with E-state index < -0.39 is 54.0 Å². The Bertz CT molecular complexity index is 1080. The summed E-state index contributed by atoms with van der Waals surface area (Å²) in [4.78, 5) is 24.2. The van der Waals surface area contributed by atoms with Crippen LogP contribution >= 0.6 is 0 Å². The minimum Gasteiger partial charge on any atom is -0.508 e. The molecule has 37 heavy (non-hydrogen) atoms. The predicted molar refractivity (Wildman–Crippen MR) is 139 cm³/mol. The molecule has 0 fully saturated rings. The molecule has 204 valence electrons. The zero-order valence-electron chi connectivity index (χ0n) is 21.8. The molecule has 1 aliphatic heterocycles. The van der Waals surface area contributed by atoms with Crippen molar-refractivity contribution in [2.75, 3.05) is 5.32 Å². The molecule has 0 spiro atoms. The first-order valence-electron chi connectivity index (χ1n) is 12.1. The third-order valence-electron chi connectivity index (χ3n) is 6.59. The number of rotatable bonds is 1. The highest BCUT2D eigenvalue weighted by Gasteiger charge is 2.30. The molecule has 0 aliphatic carbocycles. The maximum atomic E-state index is 12.7. The number of aliphatic hydroxyl groups excluding tert-OH is 3. The summed E-state index contributed by atoms with van der Waals surface area (Å²) in [7, 11) is 0. The zero-order chi connectivity index (χ0) is 28.0. The molecular weight excluding hydrogens is 480 g/mol. The van der Waals surface area contributed by atoms with Gasteiger partial charge in [0.2, 0.25) is 0 Å². The molecule has 7 atom stereocenters. The van der Waals surface area contributed by atoms with E-state index in [0.29, 0.717) is 5.57 Å². The average Bonchev–Trinajstić information content (AvgIpc) is 2.82. The van der Waals surface area contributed by atoms with Crippen molar-refractivity contribution in [2.45, 2.75) is 65.5 Å². The van der Waals surface area contributed by atoms with Crippen LogP contribution < -0.4 is 11.1 Å². The highest BCUT2D eigenvalue weighted by Crippen LogP contribution is 2.40. The van der Waals surface area contributed by atoms with Crippen molar-refractivity contribution in [3.63, 3.8) is 0 Å². The predicted octanol–water partition coefficient (Wildman–Crippen LogP) is 3.02. The molecule has 1 aromatic carbocycles. The monoisotopic (exact) mass is 518 g/mol. The van der Waals surface area contributed by atoms with Gasteiger partial charge in [0.25, 0.3) is 5.91 Å². The van der Waals surface area contributed by atoms with Crippen molar-refractivity contribution in [3.05, 3.63) is 53.1 Å². The summed E-state index contributed by atoms with van der Waals surface area (Å²) < 4.78 is 5.30. The second-order valence-corrected chi connectivity index (χ2v) is 9.82. The van der Waals surface area contributed by atoms with Gasteiger partial charge in [-0.15, -0.1) is 0 Å². The molecule has 8 N–H and O–H groups in total. The molecule has 1 heterocycles. The Morgan fingerprint density at radius 3 is 2.35 bits per heavy atom. The standard InChI is InChI=1S/C27H38N2O8/c1-13-7-6-8-14(2)26(35)29-20-12-18(30)11-19(24(20)34)22(32)16(4)10-21(31)23(33)15(3)9-17(5)25(13)37-27(28)36/h6-9,11-13,15-16,21-23,25,30-34H,10H2,1-5H3,(H2,28,36)(H,29,35)/b7-6+,14-8+,17-9+. The molecular formula is C27H38N2O8. The molecule has 1 aliphatic rings. The van der Waals surface area contributed by atoms with Crippen LogP contribution in [0.2, 0.25) is 0 Å². The molecule has 7 unspecified atom stereocenters. The van der Waals surface area contributed by atoms with Gasteiger partial charge < -0.3 is 41.3 Å². The first kappa shape index (κ1) is 29.9. The van der Waals surface area contributed by atoms with Gasteiger partial charge in [-0.3, -0.25) is 4.79 Å². The number of allylic oxidation sites excluding steroid dienone is 2. The zero-order valence-corrected chi connectivity index (χ0v) is 21.8. The number of carbonyl (C=O) groups is 2. The number of primary amides is 1. The van der Waals surface area contributed by atoms with Crippen LogP contribution in [0.3, 0.4) is 0 Å². The molecule has 10 nitrogen and oxygen atoms in total. The van der Waals surface area contributed by atoms with E-state index in [2.05, 4.69) is 5.32 Å². The van der Waals surface area contributed by atoms with E-state index in [9.17, 15) is 35.1 Å². The van der Waals surface area contributed by atoms with Crippen molar-refractivity contribution in [1.29, 1.82) is 0 Å². The summed E-state index contributed by atoms with van der Waals surface area (Å²) in [6.45, 7) is 8.38. The second kappa shape index (κ2) is 12.8. The molecule has 2 bridgehead atoms. The third kappa shape index (κ3) is 7.82. The Morgan fingerprint density at radius 2 is 1.73 bits per heavy atom. The summed E-state index contributed by atoms with van der Waals surface area (Å²) in [6.07, 6.45) is 0.980. The van der Waals surface area contributed by atoms with Crippen LogP contribution in [-0.2, 0) is 9.53 Å². The number of ether oxygens (including phenoxy) is 1. The summed E-state index contributed by atoms with van der Waals surface area (Å²) >= 11 is 0. The molecule has 2 amide bonds. The smallest absolute Gasteiger partial charge is 0.405 e. The van der Waals surface area contributed by atoms with Crippen molar-refractivity contribution in [3.8, 4) is 11.5 Å². The highest BCUT2D eigenvalue weighted by atomic mass is 16.6. The van der Waals surface area contributed by atoms with Crippen LogP contribution in [0.4, 0.5) is 10.5 Å². The van der Waals surface area contributed by atoms with Crippen LogP contribution in [0.5, 0.6) is 11.5 Å². The number of nitrogens with one attached hydrogen (secondary N) is 1. The van der Waals surface area contributed by atoms with E-state index in [1.54, 1.807) is 52.8 Å². The molecule has 0 aromatic heterocycles. The molecule has 2 rings (SSSR count). The summed E-state index contributed by atoms with van der Waals surface area (Å²) in [5.41, 5.74) is 6.02. The van der Waals surface area contributed by atoms with Gasteiger partial charge in [-0.2, -0.15) is 0 Å². The first-order chi connectivity index (χ1) is 17.2. The van der Waals surface area contributed by atoms with Gasteiger partial charge in [-0.25, -0.2) is 4.79 Å². The van der Waals surface area contributed by atoms with Crippen LogP contribution in [0.15, 0.2) is 47.6 Å². The number of benzene rings is 1. The van der Waals surface area contributed by atoms with Crippen LogP contribution in [0.25, 0.3) is 0 Å². The number of amides is 2. The second-order valence-electron chi connectivity index (χ2n) is 9.82. The Hall–Kier alpha value is -3.34. The summed E-state index contributed by atoms with van der Waals surface area (Å²) in [6, 6.07) is 2.33.